The first-order valence-electron chi connectivity index (χ1n) is 12.2. The first kappa shape index (κ1) is 24.3. The number of nitrogens with zero attached hydrogens (tertiary/aromatic N) is 9. The topological polar surface area (TPSA) is 101 Å². The molecule has 0 unspecified atom stereocenters. The lowest BCUT2D eigenvalue weighted by atomic mass is 9.91. The van der Waals surface area contributed by atoms with Crippen LogP contribution in [0.2, 0.25) is 0 Å². The van der Waals surface area contributed by atoms with Crippen molar-refractivity contribution in [1.82, 2.24) is 34.5 Å². The highest BCUT2D eigenvalue weighted by Gasteiger charge is 2.42. The third-order valence-corrected chi connectivity index (χ3v) is 7.35. The van der Waals surface area contributed by atoms with Gasteiger partial charge in [-0.25, -0.2) is 9.37 Å². The van der Waals surface area contributed by atoms with Crippen molar-refractivity contribution in [3.63, 3.8) is 0 Å². The first-order chi connectivity index (χ1) is 18.1. The number of piperidine rings is 1. The third-order valence-electron chi connectivity index (χ3n) is 7.35. The second kappa shape index (κ2) is 8.47. The third kappa shape index (κ3) is 3.95. The first-order valence-corrected chi connectivity index (χ1v) is 12.2. The van der Waals surface area contributed by atoms with Crippen molar-refractivity contribution in [3.05, 3.63) is 47.4 Å². The molecule has 0 bridgehead atoms. The second-order valence-electron chi connectivity index (χ2n) is 9.96. The highest BCUT2D eigenvalue weighted by atomic mass is 19.4. The molecule has 4 aromatic rings. The fourth-order valence-electron chi connectivity index (χ4n) is 5.29. The normalized spacial score (nSPS) is 17.7. The number of anilines is 1. The maximum atomic E-state index is 15.8. The average molecular weight is 526 g/mol. The molecule has 0 radical (unpaired) electrons. The van der Waals surface area contributed by atoms with E-state index in [2.05, 4.69) is 26.3 Å². The van der Waals surface area contributed by atoms with Crippen molar-refractivity contribution in [1.29, 1.82) is 5.26 Å². The lowest BCUT2D eigenvalue weighted by molar-refractivity contribution is -0.142. The van der Waals surface area contributed by atoms with Crippen LogP contribution in [0.3, 0.4) is 0 Å². The van der Waals surface area contributed by atoms with E-state index in [4.69, 9.17) is 4.98 Å². The molecule has 0 N–H and O–H groups in total. The summed E-state index contributed by atoms with van der Waals surface area (Å²) in [5, 5.41) is 21.6. The van der Waals surface area contributed by atoms with Crippen LogP contribution in [-0.2, 0) is 25.9 Å². The summed E-state index contributed by atoms with van der Waals surface area (Å²) in [7, 11) is 2.91. The van der Waals surface area contributed by atoms with Gasteiger partial charge in [-0.05, 0) is 25.0 Å². The maximum absolute atomic E-state index is 15.8. The van der Waals surface area contributed by atoms with Crippen LogP contribution in [-0.4, -0.2) is 47.6 Å². The van der Waals surface area contributed by atoms with E-state index >= 15 is 4.39 Å². The second-order valence-corrected chi connectivity index (χ2v) is 9.96. The molecule has 5 heterocycles. The Kier molecular flexibility index (Phi) is 5.41. The lowest BCUT2D eigenvalue weighted by Gasteiger charge is -2.38. The van der Waals surface area contributed by atoms with E-state index in [-0.39, 0.29) is 48.7 Å². The van der Waals surface area contributed by atoms with E-state index in [0.29, 0.717) is 22.5 Å². The van der Waals surface area contributed by atoms with Crippen molar-refractivity contribution >= 4 is 16.7 Å². The molecule has 0 spiro atoms. The van der Waals surface area contributed by atoms with Gasteiger partial charge in [0.05, 0.1) is 22.3 Å². The number of aromatic nitrogens is 7. The van der Waals surface area contributed by atoms with Crippen LogP contribution >= 0.6 is 0 Å². The SMILES string of the molecule is Cn1cnnc1C1(F)CCN(c2c(C#N)cc(C3CC3)nc2-c2cnc3nn(C)c(C(F)(F)F)c3c2)CC1. The molecule has 2 fully saturated rings. The zero-order valence-corrected chi connectivity index (χ0v) is 20.7. The summed E-state index contributed by atoms with van der Waals surface area (Å²) < 4.78 is 59.7. The molecule has 0 atom stereocenters. The van der Waals surface area contributed by atoms with Gasteiger partial charge in [0.15, 0.2) is 22.8 Å². The van der Waals surface area contributed by atoms with Gasteiger partial charge >= 0.3 is 6.18 Å². The quantitative estimate of drug-likeness (QED) is 0.364. The van der Waals surface area contributed by atoms with Crippen molar-refractivity contribution in [2.75, 3.05) is 18.0 Å². The number of nitriles is 1. The van der Waals surface area contributed by atoms with Gasteiger partial charge < -0.3 is 9.47 Å². The highest BCUT2D eigenvalue weighted by molar-refractivity contribution is 5.87. The molecule has 196 valence electrons. The number of alkyl halides is 4. The molecule has 13 heteroatoms. The molecule has 0 amide bonds. The van der Waals surface area contributed by atoms with Gasteiger partial charge in [0.1, 0.15) is 12.4 Å². The van der Waals surface area contributed by atoms with Gasteiger partial charge in [0, 0.05) is 63.4 Å². The summed E-state index contributed by atoms with van der Waals surface area (Å²) >= 11 is 0. The summed E-state index contributed by atoms with van der Waals surface area (Å²) in [6.45, 7) is 0.512. The van der Waals surface area contributed by atoms with Crippen LogP contribution in [0.15, 0.2) is 24.7 Å². The summed E-state index contributed by atoms with van der Waals surface area (Å²) in [5.41, 5.74) is -0.386. The number of halogens is 4. The van der Waals surface area contributed by atoms with Gasteiger partial charge in [-0.3, -0.25) is 9.67 Å². The standard InChI is InChI=1S/C25H23F4N9/c1-36-13-32-34-23(36)24(26)5-7-38(8-6-24)20-15(11-30)10-18(14-3-4-14)33-19(20)16-9-17-21(25(27,28)29)37(2)35-22(17)31-12-16/h9-10,12-14H,3-8H2,1-2H3. The summed E-state index contributed by atoms with van der Waals surface area (Å²) in [5.74, 6) is 0.442. The maximum Gasteiger partial charge on any atom is 0.433 e. The minimum absolute atomic E-state index is 0.0344. The van der Waals surface area contributed by atoms with Gasteiger partial charge in [-0.2, -0.15) is 23.5 Å². The number of pyridine rings is 2. The smallest absolute Gasteiger partial charge is 0.368 e. The number of aryl methyl sites for hydroxylation is 2. The van der Waals surface area contributed by atoms with Crippen LogP contribution < -0.4 is 4.90 Å². The zero-order chi connectivity index (χ0) is 26.8. The molecule has 4 aromatic heterocycles. The van der Waals surface area contributed by atoms with E-state index in [0.717, 1.165) is 23.2 Å². The minimum atomic E-state index is -4.63. The van der Waals surface area contributed by atoms with Crippen LogP contribution in [0.25, 0.3) is 22.3 Å². The van der Waals surface area contributed by atoms with Gasteiger partial charge in [-0.1, -0.05) is 0 Å². The lowest BCUT2D eigenvalue weighted by Crippen LogP contribution is -2.42. The van der Waals surface area contributed by atoms with Crippen LogP contribution in [0.4, 0.5) is 23.2 Å². The monoisotopic (exact) mass is 525 g/mol. The summed E-state index contributed by atoms with van der Waals surface area (Å²) in [6, 6.07) is 5.37. The van der Waals surface area contributed by atoms with Crippen LogP contribution in [0, 0.1) is 11.3 Å². The fraction of sp³-hybridized carbons (Fsp3) is 0.440. The van der Waals surface area contributed by atoms with E-state index in [1.807, 2.05) is 4.90 Å². The zero-order valence-electron chi connectivity index (χ0n) is 20.7. The summed E-state index contributed by atoms with van der Waals surface area (Å²) in [6.07, 6.45) is 0.318. The molecule has 1 aliphatic heterocycles. The molecular formula is C25H23F4N9. The molecule has 1 aliphatic carbocycles. The molecular weight excluding hydrogens is 502 g/mol. The number of fused-ring (bicyclic) bond motifs is 1. The predicted molar refractivity (Wildman–Crippen MR) is 129 cm³/mol. The van der Waals surface area contributed by atoms with Crippen LogP contribution in [0.5, 0.6) is 0 Å². The number of rotatable bonds is 4. The fourth-order valence-corrected chi connectivity index (χ4v) is 5.29. The van der Waals surface area contributed by atoms with Gasteiger partial charge in [-0.15, -0.1) is 10.2 Å². The van der Waals surface area contributed by atoms with Gasteiger partial charge in [0.25, 0.3) is 0 Å². The molecule has 38 heavy (non-hydrogen) atoms. The Balaban J connectivity index is 1.46. The Morgan fingerprint density at radius 3 is 2.47 bits per heavy atom. The number of hydrogen-bond donors (Lipinski definition) is 0. The average Bonchev–Trinajstić information content (AvgIpc) is 3.54. The molecule has 2 aliphatic rings. The Hall–Kier alpha value is -4.08. The van der Waals surface area contributed by atoms with Gasteiger partial charge in [0.2, 0.25) is 0 Å². The Bertz CT molecular complexity index is 1580. The van der Waals surface area contributed by atoms with Crippen molar-refractivity contribution in [2.45, 2.75) is 43.4 Å². The van der Waals surface area contributed by atoms with E-state index in [9.17, 15) is 18.4 Å². The van der Waals surface area contributed by atoms with Crippen LogP contribution in [0.1, 0.15) is 54.4 Å². The van der Waals surface area contributed by atoms with Crippen molar-refractivity contribution in [3.8, 4) is 17.3 Å². The predicted octanol–water partition coefficient (Wildman–Crippen LogP) is 4.39. The molecule has 1 saturated heterocycles. The molecule has 6 rings (SSSR count). The minimum Gasteiger partial charge on any atom is -0.368 e. The summed E-state index contributed by atoms with van der Waals surface area (Å²) in [4.78, 5) is 10.9. The molecule has 1 saturated carbocycles. The van der Waals surface area contributed by atoms with Crippen molar-refractivity contribution < 1.29 is 17.6 Å². The Labute approximate surface area is 214 Å². The number of hydrogen-bond acceptors (Lipinski definition) is 7. The van der Waals surface area contributed by atoms with Crippen molar-refractivity contribution in [2.24, 2.45) is 14.1 Å². The molecule has 9 nitrogen and oxygen atoms in total. The van der Waals surface area contributed by atoms with E-state index in [1.165, 1.54) is 25.6 Å². The Morgan fingerprint density at radius 2 is 1.87 bits per heavy atom. The highest BCUT2D eigenvalue weighted by Crippen LogP contribution is 2.45. The van der Waals surface area contributed by atoms with E-state index in [1.54, 1.807) is 17.7 Å². The molecule has 0 aromatic carbocycles. The largest absolute Gasteiger partial charge is 0.433 e. The Morgan fingerprint density at radius 1 is 1.13 bits per heavy atom. The van der Waals surface area contributed by atoms with E-state index < -0.39 is 17.5 Å².